The van der Waals surface area contributed by atoms with Crippen LogP contribution in [-0.4, -0.2) is 61.8 Å². The number of carbonyl (C=O) groups is 3. The minimum absolute atomic E-state index is 0.0948. The minimum Gasteiger partial charge on any atom is -0.450 e. The van der Waals surface area contributed by atoms with E-state index in [1.165, 1.54) is 45.5 Å². The highest BCUT2D eigenvalue weighted by molar-refractivity contribution is 7.89. The van der Waals surface area contributed by atoms with Crippen molar-refractivity contribution in [3.63, 3.8) is 0 Å². The van der Waals surface area contributed by atoms with Crippen LogP contribution in [0.3, 0.4) is 0 Å². The van der Waals surface area contributed by atoms with E-state index in [9.17, 15) is 22.8 Å². The maximum atomic E-state index is 13.2. The van der Waals surface area contributed by atoms with Gasteiger partial charge in [0.2, 0.25) is 10.0 Å². The van der Waals surface area contributed by atoms with Crippen molar-refractivity contribution in [2.45, 2.75) is 45.2 Å². The molecule has 0 saturated heterocycles. The van der Waals surface area contributed by atoms with Crippen molar-refractivity contribution in [1.29, 1.82) is 0 Å². The normalized spacial score (nSPS) is 13.5. The second-order valence-corrected chi connectivity index (χ2v) is 12.4. The predicted molar refractivity (Wildman–Crippen MR) is 158 cm³/mol. The van der Waals surface area contributed by atoms with Gasteiger partial charge in [0.15, 0.2) is 0 Å². The summed E-state index contributed by atoms with van der Waals surface area (Å²) in [5.74, 6) is -1.14. The van der Waals surface area contributed by atoms with Gasteiger partial charge in [-0.15, -0.1) is 11.3 Å². The number of hydrogen-bond donors (Lipinski definition) is 2. The molecule has 4 rings (SSSR count). The van der Waals surface area contributed by atoms with E-state index in [0.717, 1.165) is 17.0 Å². The van der Waals surface area contributed by atoms with E-state index in [4.69, 9.17) is 4.74 Å². The average molecular weight is 599 g/mol. The number of fused-ring (bicyclic) bond motifs is 1. The van der Waals surface area contributed by atoms with Gasteiger partial charge in [-0.25, -0.2) is 13.2 Å². The summed E-state index contributed by atoms with van der Waals surface area (Å²) in [5, 5.41) is 5.40. The molecule has 3 aromatic rings. The molecule has 41 heavy (non-hydrogen) atoms. The highest BCUT2D eigenvalue weighted by atomic mass is 32.2. The Balaban J connectivity index is 1.59. The summed E-state index contributed by atoms with van der Waals surface area (Å²) in [5.41, 5.74) is 2.44. The van der Waals surface area contributed by atoms with Crippen LogP contribution < -0.4 is 10.6 Å². The molecule has 0 aliphatic carbocycles. The fraction of sp³-hybridized carbons (Fsp3) is 0.345. The number of amides is 3. The van der Waals surface area contributed by atoms with Gasteiger partial charge < -0.3 is 10.1 Å². The number of hydrogen-bond acceptors (Lipinski definition) is 8. The van der Waals surface area contributed by atoms with Gasteiger partial charge in [-0.3, -0.25) is 19.8 Å². The van der Waals surface area contributed by atoms with Crippen LogP contribution in [0.5, 0.6) is 0 Å². The second-order valence-electron chi connectivity index (χ2n) is 9.40. The van der Waals surface area contributed by atoms with Crippen molar-refractivity contribution >= 4 is 44.3 Å². The molecule has 2 heterocycles. The van der Waals surface area contributed by atoms with Crippen molar-refractivity contribution in [2.24, 2.45) is 0 Å². The number of sulfonamides is 1. The summed E-state index contributed by atoms with van der Waals surface area (Å²) < 4.78 is 31.9. The lowest BCUT2D eigenvalue weighted by Gasteiger charge is -2.27. The zero-order valence-electron chi connectivity index (χ0n) is 23.3. The van der Waals surface area contributed by atoms with Gasteiger partial charge in [0.25, 0.3) is 11.8 Å². The minimum atomic E-state index is -3.66. The fourth-order valence-electron chi connectivity index (χ4n) is 4.75. The average Bonchev–Trinajstić information content (AvgIpc) is 3.31. The number of thiophene rings is 1. The van der Waals surface area contributed by atoms with Gasteiger partial charge in [-0.2, -0.15) is 4.31 Å². The van der Waals surface area contributed by atoms with Crippen molar-refractivity contribution in [3.8, 4) is 0 Å². The molecule has 0 fully saturated rings. The molecule has 1 aliphatic heterocycles. The Bertz CT molecular complexity index is 1500. The Hall–Kier alpha value is -3.58. The molecule has 2 aromatic carbocycles. The highest BCUT2D eigenvalue weighted by Gasteiger charge is 2.30. The summed E-state index contributed by atoms with van der Waals surface area (Å²) in [7, 11) is -3.66. The molecule has 2 N–H and O–H groups in total. The molecule has 1 aliphatic rings. The van der Waals surface area contributed by atoms with E-state index in [2.05, 4.69) is 27.7 Å². The lowest BCUT2D eigenvalue weighted by Crippen LogP contribution is -2.34. The number of nitrogens with one attached hydrogen (secondary N) is 2. The SMILES string of the molecule is CCOC(=O)NC(=O)c1c(NC(=O)c2ccc(S(=O)(=O)N(CC)CC)cc2)sc2c1CCN(Cc1ccccc1)C2. The highest BCUT2D eigenvalue weighted by Crippen LogP contribution is 2.38. The summed E-state index contributed by atoms with van der Waals surface area (Å²) in [6.45, 7) is 7.98. The molecule has 0 atom stereocenters. The van der Waals surface area contributed by atoms with Gasteiger partial charge in [0.1, 0.15) is 5.00 Å². The topological polar surface area (TPSA) is 125 Å². The Morgan fingerprint density at radius 3 is 2.29 bits per heavy atom. The van der Waals surface area contributed by atoms with Gasteiger partial charge in [0, 0.05) is 43.2 Å². The molecular weight excluding hydrogens is 564 g/mol. The third-order valence-electron chi connectivity index (χ3n) is 6.79. The van der Waals surface area contributed by atoms with Crippen molar-refractivity contribution < 1.29 is 27.5 Å². The molecule has 12 heteroatoms. The molecular formula is C29H34N4O6S2. The standard InChI is InChI=1S/C29H34N4O6S2/c1-4-33(5-2)41(37,38)22-14-12-21(13-15-22)26(34)30-28-25(27(35)31-29(36)39-6-3)23-16-17-32(19-24(23)40-28)18-20-10-8-7-9-11-20/h7-15H,4-6,16-19H2,1-3H3,(H,30,34)(H,31,35,36). The Morgan fingerprint density at radius 2 is 1.66 bits per heavy atom. The number of imide groups is 1. The molecule has 0 radical (unpaired) electrons. The molecule has 0 saturated carbocycles. The first-order valence-corrected chi connectivity index (χ1v) is 15.7. The first-order chi connectivity index (χ1) is 19.7. The number of rotatable bonds is 10. The molecule has 0 unspecified atom stereocenters. The van der Waals surface area contributed by atoms with Crippen molar-refractivity contribution in [3.05, 3.63) is 81.7 Å². The molecule has 0 bridgehead atoms. The van der Waals surface area contributed by atoms with E-state index in [0.29, 0.717) is 37.6 Å². The monoisotopic (exact) mass is 598 g/mol. The quantitative estimate of drug-likeness (QED) is 0.353. The number of benzene rings is 2. The summed E-state index contributed by atoms with van der Waals surface area (Å²) in [6, 6.07) is 15.8. The number of anilines is 1. The number of alkyl carbamates (subject to hydrolysis) is 1. The van der Waals surface area contributed by atoms with Gasteiger partial charge >= 0.3 is 6.09 Å². The zero-order chi connectivity index (χ0) is 29.6. The fourth-order valence-corrected chi connectivity index (χ4v) is 7.49. The van der Waals surface area contributed by atoms with E-state index in [-0.39, 0.29) is 22.6 Å². The summed E-state index contributed by atoms with van der Waals surface area (Å²) in [6.07, 6.45) is -0.292. The Labute approximate surface area is 244 Å². The van der Waals surface area contributed by atoms with Gasteiger partial charge in [-0.05, 0) is 48.7 Å². The van der Waals surface area contributed by atoms with E-state index in [1.54, 1.807) is 20.8 Å². The third kappa shape index (κ3) is 7.02. The molecule has 0 spiro atoms. The predicted octanol–water partition coefficient (Wildman–Crippen LogP) is 4.48. The lowest BCUT2D eigenvalue weighted by molar-refractivity contribution is 0.0924. The van der Waals surface area contributed by atoms with E-state index in [1.807, 2.05) is 18.2 Å². The molecule has 218 valence electrons. The van der Waals surface area contributed by atoms with Crippen LogP contribution in [0.4, 0.5) is 9.80 Å². The van der Waals surface area contributed by atoms with Crippen LogP contribution in [0.1, 0.15) is 57.5 Å². The zero-order valence-corrected chi connectivity index (χ0v) is 24.9. The maximum absolute atomic E-state index is 13.2. The molecule has 1 aromatic heterocycles. The smallest absolute Gasteiger partial charge is 0.414 e. The first-order valence-electron chi connectivity index (χ1n) is 13.5. The van der Waals surface area contributed by atoms with Gasteiger partial charge in [0.05, 0.1) is 17.1 Å². The molecule has 10 nitrogen and oxygen atoms in total. The van der Waals surface area contributed by atoms with E-state index < -0.39 is 27.9 Å². The third-order valence-corrected chi connectivity index (χ3v) is 9.99. The van der Waals surface area contributed by atoms with Crippen LogP contribution in [0.15, 0.2) is 59.5 Å². The van der Waals surface area contributed by atoms with Gasteiger partial charge in [-0.1, -0.05) is 44.2 Å². The van der Waals surface area contributed by atoms with E-state index >= 15 is 0 Å². The van der Waals surface area contributed by atoms with Crippen molar-refractivity contribution in [1.82, 2.24) is 14.5 Å². The van der Waals surface area contributed by atoms with Crippen LogP contribution in [0.25, 0.3) is 0 Å². The molecule has 3 amide bonds. The number of carbonyl (C=O) groups excluding carboxylic acids is 3. The largest absolute Gasteiger partial charge is 0.450 e. The van der Waals surface area contributed by atoms with Crippen LogP contribution in [0, 0.1) is 0 Å². The second kappa shape index (κ2) is 13.4. The Kier molecular flexibility index (Phi) is 9.92. The summed E-state index contributed by atoms with van der Waals surface area (Å²) >= 11 is 1.30. The maximum Gasteiger partial charge on any atom is 0.414 e. The number of nitrogens with zero attached hydrogens (tertiary/aromatic N) is 2. The summed E-state index contributed by atoms with van der Waals surface area (Å²) in [4.78, 5) is 41.8. The van der Waals surface area contributed by atoms with Crippen LogP contribution in [0.2, 0.25) is 0 Å². The number of ether oxygens (including phenoxy) is 1. The van der Waals surface area contributed by atoms with Crippen molar-refractivity contribution in [2.75, 3.05) is 31.6 Å². The van der Waals surface area contributed by atoms with Crippen LogP contribution >= 0.6 is 11.3 Å². The lowest BCUT2D eigenvalue weighted by atomic mass is 10.0. The Morgan fingerprint density at radius 1 is 0.976 bits per heavy atom. The van der Waals surface area contributed by atoms with Crippen LogP contribution in [-0.2, 0) is 34.3 Å². The first kappa shape index (κ1) is 30.4.